The predicted molar refractivity (Wildman–Crippen MR) is 101 cm³/mol. The van der Waals surface area contributed by atoms with E-state index in [0.717, 1.165) is 0 Å². The topological polar surface area (TPSA) is 91.5 Å². The highest BCUT2D eigenvalue weighted by atomic mass is 16.5. The molecule has 0 aliphatic rings. The second-order valence-corrected chi connectivity index (χ2v) is 7.99. The van der Waals surface area contributed by atoms with E-state index >= 15 is 0 Å². The number of aromatic nitrogens is 1. The molecular weight excluding hydrogens is 334 g/mol. The van der Waals surface area contributed by atoms with Crippen LogP contribution in [0.5, 0.6) is 0 Å². The molecule has 1 heterocycles. The van der Waals surface area contributed by atoms with E-state index in [0.29, 0.717) is 23.4 Å². The van der Waals surface area contributed by atoms with Crippen LogP contribution in [0.15, 0.2) is 0 Å². The van der Waals surface area contributed by atoms with E-state index in [4.69, 9.17) is 4.74 Å². The molecule has 2 amide bonds. The first-order valence-corrected chi connectivity index (χ1v) is 8.75. The molecule has 0 aliphatic heterocycles. The van der Waals surface area contributed by atoms with Crippen LogP contribution in [-0.2, 0) is 4.74 Å². The Labute approximate surface area is 155 Å². The van der Waals surface area contributed by atoms with Gasteiger partial charge in [0.2, 0.25) is 0 Å². The van der Waals surface area contributed by atoms with Crippen molar-refractivity contribution < 1.29 is 19.1 Å². The summed E-state index contributed by atoms with van der Waals surface area (Å²) in [5.41, 5.74) is 1.44. The highest BCUT2D eigenvalue weighted by Crippen LogP contribution is 2.20. The number of aryl methyl sites for hydroxylation is 1. The summed E-state index contributed by atoms with van der Waals surface area (Å²) in [6.45, 7) is 13.5. The summed E-state index contributed by atoms with van der Waals surface area (Å²) in [7, 11) is 1.29. The number of carbonyl (C=O) groups is 3. The number of ether oxygens (including phenoxy) is 1. The largest absolute Gasteiger partial charge is 0.464 e. The average Bonchev–Trinajstić information content (AvgIpc) is 2.78. The lowest BCUT2D eigenvalue weighted by Crippen LogP contribution is -2.50. The van der Waals surface area contributed by atoms with Crippen molar-refractivity contribution in [3.63, 3.8) is 0 Å². The van der Waals surface area contributed by atoms with Crippen LogP contribution in [0.25, 0.3) is 0 Å². The molecular formula is C19H31N3O4. The number of amides is 2. The van der Waals surface area contributed by atoms with Crippen LogP contribution in [0.4, 0.5) is 4.79 Å². The van der Waals surface area contributed by atoms with Crippen molar-refractivity contribution >= 4 is 17.8 Å². The van der Waals surface area contributed by atoms with Crippen LogP contribution in [0.3, 0.4) is 0 Å². The molecule has 0 aromatic carbocycles. The SMILES string of the molecule is COC(=O)c1[nH]c(C)c(C(=O)CN(CC(C)C)C(=O)NC(C)(C)C)c1C. The minimum Gasteiger partial charge on any atom is -0.464 e. The number of urea groups is 1. The number of Topliss-reactive ketones (excluding diaryl/α,β-unsaturated/α-hetero) is 1. The zero-order valence-corrected chi connectivity index (χ0v) is 17.1. The van der Waals surface area contributed by atoms with Crippen molar-refractivity contribution in [3.8, 4) is 0 Å². The standard InChI is InChI=1S/C19H31N3O4/c1-11(2)9-22(18(25)21-19(5,6)7)10-14(23)15-12(3)16(17(24)26-8)20-13(15)4/h11,20H,9-10H2,1-8H3,(H,21,25). The highest BCUT2D eigenvalue weighted by Gasteiger charge is 2.27. The van der Waals surface area contributed by atoms with Crippen LogP contribution in [0.2, 0.25) is 0 Å². The van der Waals surface area contributed by atoms with E-state index in [2.05, 4.69) is 10.3 Å². The lowest BCUT2D eigenvalue weighted by Gasteiger charge is -2.29. The second kappa shape index (κ2) is 8.38. The zero-order chi connectivity index (χ0) is 20.2. The Balaban J connectivity index is 3.09. The molecule has 1 rings (SSSR count). The van der Waals surface area contributed by atoms with E-state index in [1.54, 1.807) is 13.8 Å². The number of carbonyl (C=O) groups excluding carboxylic acids is 3. The maximum atomic E-state index is 12.9. The molecule has 0 aliphatic carbocycles. The van der Waals surface area contributed by atoms with Crippen LogP contribution >= 0.6 is 0 Å². The van der Waals surface area contributed by atoms with Crippen molar-refractivity contribution in [2.24, 2.45) is 5.92 Å². The van der Waals surface area contributed by atoms with Gasteiger partial charge in [-0.2, -0.15) is 0 Å². The molecule has 1 aromatic heterocycles. The molecule has 7 heteroatoms. The van der Waals surface area contributed by atoms with Crippen LogP contribution in [-0.4, -0.2) is 53.4 Å². The molecule has 2 N–H and O–H groups in total. The van der Waals surface area contributed by atoms with E-state index in [1.807, 2.05) is 34.6 Å². The van der Waals surface area contributed by atoms with Crippen LogP contribution in [0, 0.1) is 19.8 Å². The molecule has 0 atom stereocenters. The van der Waals surface area contributed by atoms with Gasteiger partial charge in [-0.3, -0.25) is 4.79 Å². The monoisotopic (exact) mass is 365 g/mol. The van der Waals surface area contributed by atoms with Crippen molar-refractivity contribution in [2.75, 3.05) is 20.2 Å². The summed E-state index contributed by atoms with van der Waals surface area (Å²) in [4.78, 5) is 41.7. The smallest absolute Gasteiger partial charge is 0.354 e. The van der Waals surface area contributed by atoms with E-state index in [1.165, 1.54) is 12.0 Å². The molecule has 0 spiro atoms. The minimum absolute atomic E-state index is 0.0553. The number of ketones is 1. The van der Waals surface area contributed by atoms with E-state index in [-0.39, 0.29) is 30.0 Å². The summed E-state index contributed by atoms with van der Waals surface area (Å²) < 4.78 is 4.74. The van der Waals surface area contributed by atoms with E-state index in [9.17, 15) is 14.4 Å². The van der Waals surface area contributed by atoms with Gasteiger partial charge in [-0.25, -0.2) is 9.59 Å². The Hall–Kier alpha value is -2.31. The highest BCUT2D eigenvalue weighted by molar-refractivity contribution is 6.04. The van der Waals surface area contributed by atoms with Gasteiger partial charge < -0.3 is 19.9 Å². The molecule has 0 radical (unpaired) electrons. The number of rotatable bonds is 6. The normalized spacial score (nSPS) is 11.4. The number of aromatic amines is 1. The third kappa shape index (κ3) is 5.61. The van der Waals surface area contributed by atoms with Gasteiger partial charge in [0.25, 0.3) is 0 Å². The fourth-order valence-electron chi connectivity index (χ4n) is 2.79. The van der Waals surface area contributed by atoms with Gasteiger partial charge in [0.05, 0.1) is 13.7 Å². The molecule has 0 saturated carbocycles. The Morgan fingerprint density at radius 3 is 2.23 bits per heavy atom. The maximum absolute atomic E-state index is 12.9. The first-order valence-electron chi connectivity index (χ1n) is 8.75. The lowest BCUT2D eigenvalue weighted by atomic mass is 10.0. The lowest BCUT2D eigenvalue weighted by molar-refractivity contribution is 0.0593. The molecule has 0 unspecified atom stereocenters. The quantitative estimate of drug-likeness (QED) is 0.599. The van der Waals surface area contributed by atoms with Gasteiger partial charge >= 0.3 is 12.0 Å². The Morgan fingerprint density at radius 1 is 1.19 bits per heavy atom. The molecule has 0 bridgehead atoms. The molecule has 146 valence electrons. The van der Waals surface area contributed by atoms with Crippen LogP contribution in [0.1, 0.15) is 66.7 Å². The average molecular weight is 365 g/mol. The minimum atomic E-state index is -0.519. The third-order valence-corrected chi connectivity index (χ3v) is 3.80. The van der Waals surface area contributed by atoms with Crippen molar-refractivity contribution in [1.29, 1.82) is 0 Å². The molecule has 0 saturated heterocycles. The predicted octanol–water partition coefficient (Wildman–Crippen LogP) is 3.07. The first-order chi connectivity index (χ1) is 11.9. The van der Waals surface area contributed by atoms with Crippen molar-refractivity contribution in [3.05, 3.63) is 22.5 Å². The number of H-pyrrole nitrogens is 1. The fourth-order valence-corrected chi connectivity index (χ4v) is 2.79. The maximum Gasteiger partial charge on any atom is 0.354 e. The van der Waals surface area contributed by atoms with Gasteiger partial charge in [-0.15, -0.1) is 0 Å². The van der Waals surface area contributed by atoms with E-state index < -0.39 is 11.5 Å². The van der Waals surface area contributed by atoms with Crippen LogP contribution < -0.4 is 5.32 Å². The first kappa shape index (κ1) is 21.7. The number of hydrogen-bond acceptors (Lipinski definition) is 4. The summed E-state index contributed by atoms with van der Waals surface area (Å²) in [5.74, 6) is -0.516. The second-order valence-electron chi connectivity index (χ2n) is 7.99. The number of nitrogens with one attached hydrogen (secondary N) is 2. The van der Waals surface area contributed by atoms with Gasteiger partial charge in [-0.05, 0) is 46.1 Å². The number of nitrogens with zero attached hydrogens (tertiary/aromatic N) is 1. The van der Waals surface area contributed by atoms with Gasteiger partial charge in [0.1, 0.15) is 5.69 Å². The third-order valence-electron chi connectivity index (χ3n) is 3.80. The van der Waals surface area contributed by atoms with Crippen molar-refractivity contribution in [1.82, 2.24) is 15.2 Å². The summed E-state index contributed by atoms with van der Waals surface area (Å²) in [6.07, 6.45) is 0. The van der Waals surface area contributed by atoms with Gasteiger partial charge in [0.15, 0.2) is 5.78 Å². The summed E-state index contributed by atoms with van der Waals surface area (Å²) in [5, 5.41) is 2.90. The molecule has 0 fully saturated rings. The Kier molecular flexibility index (Phi) is 7.00. The molecule has 7 nitrogen and oxygen atoms in total. The van der Waals surface area contributed by atoms with Crippen molar-refractivity contribution in [2.45, 2.75) is 54.0 Å². The van der Waals surface area contributed by atoms with Gasteiger partial charge in [-0.1, -0.05) is 13.8 Å². The number of esters is 1. The molecule has 1 aromatic rings. The molecule has 26 heavy (non-hydrogen) atoms. The Morgan fingerprint density at radius 2 is 1.77 bits per heavy atom. The fraction of sp³-hybridized carbons (Fsp3) is 0.632. The zero-order valence-electron chi connectivity index (χ0n) is 17.1. The summed E-state index contributed by atoms with van der Waals surface area (Å²) in [6, 6.07) is -0.279. The Bertz CT molecular complexity index is 684. The number of hydrogen-bond donors (Lipinski definition) is 2. The van der Waals surface area contributed by atoms with Gasteiger partial charge in [0, 0.05) is 23.3 Å². The number of methoxy groups -OCH3 is 1. The summed E-state index contributed by atoms with van der Waals surface area (Å²) >= 11 is 0.